The summed E-state index contributed by atoms with van der Waals surface area (Å²) in [6.07, 6.45) is 12.1. The van der Waals surface area contributed by atoms with Crippen LogP contribution in [0.15, 0.2) is 29.1 Å². The number of fused-ring (bicyclic) bond motifs is 1. The second kappa shape index (κ2) is 13.1. The van der Waals surface area contributed by atoms with E-state index in [-0.39, 0.29) is 29.7 Å². The van der Waals surface area contributed by atoms with Gasteiger partial charge in [-0.2, -0.15) is 0 Å². The van der Waals surface area contributed by atoms with Gasteiger partial charge in [-0.15, -0.1) is 24.8 Å². The van der Waals surface area contributed by atoms with Crippen molar-refractivity contribution in [1.82, 2.24) is 14.4 Å². The first-order valence-corrected chi connectivity index (χ1v) is 12.2. The van der Waals surface area contributed by atoms with Gasteiger partial charge in [-0.05, 0) is 44.4 Å². The van der Waals surface area contributed by atoms with E-state index in [0.717, 1.165) is 29.2 Å². The highest BCUT2D eigenvalue weighted by atomic mass is 35.5. The molecule has 0 radical (unpaired) electrons. The highest BCUT2D eigenvalue weighted by molar-refractivity contribution is 7.16. The molecule has 1 aliphatic carbocycles. The van der Waals surface area contributed by atoms with Crippen molar-refractivity contribution < 1.29 is 0 Å². The summed E-state index contributed by atoms with van der Waals surface area (Å²) in [6, 6.07) is 9.04. The van der Waals surface area contributed by atoms with E-state index in [4.69, 9.17) is 0 Å². The van der Waals surface area contributed by atoms with Crippen molar-refractivity contribution in [3.05, 3.63) is 33.9 Å². The minimum atomic E-state index is 0. The molecule has 4 rings (SSSR count). The van der Waals surface area contributed by atoms with Gasteiger partial charge in [-0.3, -0.25) is 14.3 Å². The smallest absolute Gasteiger partial charge is 0.301 e. The maximum absolute atomic E-state index is 12.2. The Morgan fingerprint density at radius 1 is 0.833 bits per heavy atom. The van der Waals surface area contributed by atoms with Crippen LogP contribution in [0.2, 0.25) is 0 Å². The monoisotopic (exact) mass is 473 g/mol. The van der Waals surface area contributed by atoms with Crippen LogP contribution in [-0.4, -0.2) is 53.1 Å². The number of piperazine rings is 1. The number of para-hydroxylation sites is 1. The van der Waals surface area contributed by atoms with E-state index in [9.17, 15) is 4.79 Å². The lowest BCUT2D eigenvalue weighted by Crippen LogP contribution is -2.50. The van der Waals surface area contributed by atoms with Crippen LogP contribution in [0.4, 0.5) is 0 Å². The van der Waals surface area contributed by atoms with Crippen molar-refractivity contribution in [2.75, 3.05) is 32.7 Å². The molecule has 0 amide bonds. The maximum Gasteiger partial charge on any atom is 0.308 e. The zero-order valence-corrected chi connectivity index (χ0v) is 20.4. The molecule has 1 saturated carbocycles. The number of halogens is 2. The Labute approximate surface area is 197 Å². The molecule has 0 spiro atoms. The number of unbranched alkanes of at least 4 members (excludes halogenated alkanes) is 3. The first-order valence-electron chi connectivity index (χ1n) is 11.4. The molecule has 0 N–H and O–H groups in total. The Morgan fingerprint density at radius 2 is 1.50 bits per heavy atom. The molecule has 0 unspecified atom stereocenters. The molecule has 0 bridgehead atoms. The maximum atomic E-state index is 12.2. The van der Waals surface area contributed by atoms with Crippen molar-refractivity contribution in [2.24, 2.45) is 0 Å². The first kappa shape index (κ1) is 25.7. The van der Waals surface area contributed by atoms with Crippen molar-refractivity contribution >= 4 is 46.4 Å². The fourth-order valence-corrected chi connectivity index (χ4v) is 5.90. The number of aryl methyl sites for hydroxylation is 1. The van der Waals surface area contributed by atoms with E-state index in [2.05, 4.69) is 15.9 Å². The van der Waals surface area contributed by atoms with Crippen LogP contribution in [0.3, 0.4) is 0 Å². The average molecular weight is 475 g/mol. The van der Waals surface area contributed by atoms with E-state index < -0.39 is 0 Å². The predicted octanol–water partition coefficient (Wildman–Crippen LogP) is 5.42. The SMILES string of the molecule is Cl.Cl.O=c1sc2ccccc2n1CCCCCCN1CCN(C2CCCCC2)CC1. The first-order chi connectivity index (χ1) is 13.8. The van der Waals surface area contributed by atoms with Gasteiger partial charge in [-0.1, -0.05) is 55.6 Å². The standard InChI is InChI=1S/C23H35N3OS.2ClH/c27-23-26(21-12-6-7-13-22(21)28-23)15-9-2-1-8-14-24-16-18-25(19-17-24)20-10-4-3-5-11-20;;/h6-7,12-13,20H,1-5,8-11,14-19H2;2*1H. The van der Waals surface area contributed by atoms with Gasteiger partial charge in [0, 0.05) is 38.8 Å². The summed E-state index contributed by atoms with van der Waals surface area (Å²) in [7, 11) is 0. The number of hydrogen-bond acceptors (Lipinski definition) is 4. The molecule has 1 aromatic carbocycles. The van der Waals surface area contributed by atoms with Gasteiger partial charge in [0.05, 0.1) is 10.2 Å². The molecule has 1 aliphatic heterocycles. The molecule has 2 aliphatic rings. The largest absolute Gasteiger partial charge is 0.308 e. The summed E-state index contributed by atoms with van der Waals surface area (Å²) < 4.78 is 3.07. The molecule has 1 aromatic heterocycles. The van der Waals surface area contributed by atoms with E-state index in [1.165, 1.54) is 95.4 Å². The van der Waals surface area contributed by atoms with Crippen molar-refractivity contribution in [3.8, 4) is 0 Å². The van der Waals surface area contributed by atoms with Gasteiger partial charge in [0.25, 0.3) is 0 Å². The molecule has 4 nitrogen and oxygen atoms in total. The molecule has 30 heavy (non-hydrogen) atoms. The van der Waals surface area contributed by atoms with Gasteiger partial charge >= 0.3 is 4.87 Å². The lowest BCUT2D eigenvalue weighted by atomic mass is 9.94. The summed E-state index contributed by atoms with van der Waals surface area (Å²) in [4.78, 5) is 17.8. The van der Waals surface area contributed by atoms with Gasteiger partial charge in [0.15, 0.2) is 0 Å². The summed E-state index contributed by atoms with van der Waals surface area (Å²) >= 11 is 1.37. The Hall–Kier alpha value is -0.590. The summed E-state index contributed by atoms with van der Waals surface area (Å²) in [5.41, 5.74) is 1.10. The van der Waals surface area contributed by atoms with Crippen LogP contribution >= 0.6 is 36.2 Å². The number of thiazole rings is 1. The molecular formula is C23H37Cl2N3OS. The Balaban J connectivity index is 0.00000160. The molecular weight excluding hydrogens is 437 g/mol. The van der Waals surface area contributed by atoms with Crippen LogP contribution in [-0.2, 0) is 6.54 Å². The zero-order chi connectivity index (χ0) is 19.2. The van der Waals surface area contributed by atoms with Gasteiger partial charge < -0.3 is 4.90 Å². The van der Waals surface area contributed by atoms with Crippen LogP contribution in [0.25, 0.3) is 10.2 Å². The Bertz CT molecular complexity index is 795. The highest BCUT2D eigenvalue weighted by Crippen LogP contribution is 2.23. The summed E-state index contributed by atoms with van der Waals surface area (Å²) in [6.45, 7) is 7.18. The lowest BCUT2D eigenvalue weighted by molar-refractivity contribution is 0.0781. The third-order valence-electron chi connectivity index (χ3n) is 6.68. The summed E-state index contributed by atoms with van der Waals surface area (Å²) in [5.74, 6) is 0. The topological polar surface area (TPSA) is 28.5 Å². The van der Waals surface area contributed by atoms with Crippen LogP contribution in [0.5, 0.6) is 0 Å². The Kier molecular flexibility index (Phi) is 11.2. The lowest BCUT2D eigenvalue weighted by Gasteiger charge is -2.40. The van der Waals surface area contributed by atoms with Crippen LogP contribution in [0.1, 0.15) is 57.8 Å². The number of nitrogens with zero attached hydrogens (tertiary/aromatic N) is 3. The summed E-state index contributed by atoms with van der Waals surface area (Å²) in [5, 5.41) is 0. The molecule has 1 saturated heterocycles. The average Bonchev–Trinajstić information content (AvgIpc) is 3.07. The second-order valence-electron chi connectivity index (χ2n) is 8.57. The quantitative estimate of drug-likeness (QED) is 0.479. The third kappa shape index (κ3) is 6.70. The zero-order valence-electron chi connectivity index (χ0n) is 18.0. The minimum Gasteiger partial charge on any atom is -0.301 e. The van der Waals surface area contributed by atoms with E-state index in [0.29, 0.717) is 0 Å². The molecule has 170 valence electrons. The van der Waals surface area contributed by atoms with Gasteiger partial charge in [0.2, 0.25) is 0 Å². The van der Waals surface area contributed by atoms with Crippen LogP contribution < -0.4 is 4.87 Å². The Morgan fingerprint density at radius 3 is 2.23 bits per heavy atom. The second-order valence-corrected chi connectivity index (χ2v) is 9.56. The van der Waals surface area contributed by atoms with Gasteiger partial charge in [-0.25, -0.2) is 0 Å². The molecule has 2 heterocycles. The van der Waals surface area contributed by atoms with Crippen molar-refractivity contribution in [3.63, 3.8) is 0 Å². The number of rotatable bonds is 8. The predicted molar refractivity (Wildman–Crippen MR) is 134 cm³/mol. The fourth-order valence-electron chi connectivity index (χ4n) is 4.98. The van der Waals surface area contributed by atoms with Crippen LogP contribution in [0, 0.1) is 0 Å². The third-order valence-corrected chi connectivity index (χ3v) is 7.64. The van der Waals surface area contributed by atoms with Gasteiger partial charge in [0.1, 0.15) is 0 Å². The molecule has 7 heteroatoms. The van der Waals surface area contributed by atoms with E-state index in [1.54, 1.807) is 0 Å². The molecule has 2 aromatic rings. The van der Waals surface area contributed by atoms with E-state index in [1.807, 2.05) is 22.8 Å². The van der Waals surface area contributed by atoms with Crippen molar-refractivity contribution in [2.45, 2.75) is 70.4 Å². The normalized spacial score (nSPS) is 18.8. The number of benzene rings is 1. The van der Waals surface area contributed by atoms with Crippen molar-refractivity contribution in [1.29, 1.82) is 0 Å². The molecule has 2 fully saturated rings. The number of aromatic nitrogens is 1. The minimum absolute atomic E-state index is 0. The number of hydrogen-bond donors (Lipinski definition) is 0. The van der Waals surface area contributed by atoms with E-state index >= 15 is 0 Å². The fraction of sp³-hybridized carbons (Fsp3) is 0.696. The molecule has 0 atom stereocenters. The highest BCUT2D eigenvalue weighted by Gasteiger charge is 2.24.